The normalized spacial score (nSPS) is 24.8. The highest BCUT2D eigenvalue weighted by Crippen LogP contribution is 2.45. The number of carbonyl (C=O) groups excluding carboxylic acids is 2. The number of likely N-dealkylation sites (tertiary alicyclic amines) is 1. The summed E-state index contributed by atoms with van der Waals surface area (Å²) in [6, 6.07) is 0. The third-order valence-corrected chi connectivity index (χ3v) is 3.87. The van der Waals surface area contributed by atoms with Crippen LogP contribution in [0.4, 0.5) is 0 Å². The first-order valence-corrected chi connectivity index (χ1v) is 6.48. The molecule has 0 atom stereocenters. The number of nitrogens with two attached hydrogens (primary N) is 1. The van der Waals surface area contributed by atoms with E-state index in [1.165, 1.54) is 11.3 Å². The lowest BCUT2D eigenvalue weighted by molar-refractivity contribution is -0.143. The van der Waals surface area contributed by atoms with E-state index < -0.39 is 5.54 Å². The summed E-state index contributed by atoms with van der Waals surface area (Å²) in [5.41, 5.74) is 5.03. The minimum absolute atomic E-state index is 0.0284. The van der Waals surface area contributed by atoms with Crippen molar-refractivity contribution in [1.82, 2.24) is 4.90 Å². The molecular formula is C13H22N2O2. The quantitative estimate of drug-likeness (QED) is 0.740. The predicted molar refractivity (Wildman–Crippen MR) is 65.1 cm³/mol. The molecule has 2 aliphatic rings. The Labute approximate surface area is 103 Å². The van der Waals surface area contributed by atoms with Crippen LogP contribution in [0.25, 0.3) is 0 Å². The van der Waals surface area contributed by atoms with Crippen molar-refractivity contribution in [2.24, 2.45) is 11.1 Å². The molecule has 2 rings (SSSR count). The van der Waals surface area contributed by atoms with Crippen molar-refractivity contribution in [3.8, 4) is 0 Å². The Morgan fingerprint density at radius 2 is 1.82 bits per heavy atom. The first-order chi connectivity index (χ1) is 7.84. The molecule has 1 heterocycles. The minimum Gasteiger partial charge on any atom is -0.324 e. The molecule has 2 N–H and O–H groups in total. The molecule has 96 valence electrons. The average molecular weight is 238 g/mol. The SMILES string of the molecule is CC(C)(N)CN1C(=O)CC2(CCCCC2)C1=O. The van der Waals surface area contributed by atoms with Crippen molar-refractivity contribution in [3.05, 3.63) is 0 Å². The molecular weight excluding hydrogens is 216 g/mol. The van der Waals surface area contributed by atoms with Gasteiger partial charge in [-0.1, -0.05) is 19.3 Å². The molecule has 0 radical (unpaired) electrons. The fourth-order valence-corrected chi connectivity index (χ4v) is 3.05. The molecule has 1 saturated carbocycles. The van der Waals surface area contributed by atoms with E-state index >= 15 is 0 Å². The van der Waals surface area contributed by atoms with Gasteiger partial charge in [0.25, 0.3) is 0 Å². The lowest BCUT2D eigenvalue weighted by atomic mass is 9.73. The van der Waals surface area contributed by atoms with Gasteiger partial charge in [0.15, 0.2) is 0 Å². The van der Waals surface area contributed by atoms with Crippen molar-refractivity contribution >= 4 is 11.8 Å². The zero-order chi connectivity index (χ0) is 12.7. The van der Waals surface area contributed by atoms with Gasteiger partial charge in [0.2, 0.25) is 11.8 Å². The summed E-state index contributed by atoms with van der Waals surface area (Å²) in [7, 11) is 0. The summed E-state index contributed by atoms with van der Waals surface area (Å²) in [4.78, 5) is 25.8. The molecule has 2 fully saturated rings. The van der Waals surface area contributed by atoms with Crippen molar-refractivity contribution in [2.45, 2.75) is 57.9 Å². The summed E-state index contributed by atoms with van der Waals surface area (Å²) >= 11 is 0. The van der Waals surface area contributed by atoms with Gasteiger partial charge in [-0.25, -0.2) is 0 Å². The van der Waals surface area contributed by atoms with E-state index in [9.17, 15) is 9.59 Å². The molecule has 0 unspecified atom stereocenters. The predicted octanol–water partition coefficient (Wildman–Crippen LogP) is 1.43. The van der Waals surface area contributed by atoms with Crippen LogP contribution < -0.4 is 5.73 Å². The van der Waals surface area contributed by atoms with Crippen LogP contribution >= 0.6 is 0 Å². The highest BCUT2D eigenvalue weighted by molar-refractivity contribution is 6.06. The summed E-state index contributed by atoms with van der Waals surface area (Å²) < 4.78 is 0. The number of amides is 2. The topological polar surface area (TPSA) is 63.4 Å². The summed E-state index contributed by atoms with van der Waals surface area (Å²) in [5, 5.41) is 0. The van der Waals surface area contributed by atoms with E-state index in [-0.39, 0.29) is 17.2 Å². The molecule has 0 bridgehead atoms. The van der Waals surface area contributed by atoms with Crippen molar-refractivity contribution in [2.75, 3.05) is 6.54 Å². The van der Waals surface area contributed by atoms with Crippen LogP contribution in [-0.2, 0) is 9.59 Å². The standard InChI is InChI=1S/C13H22N2O2/c1-12(2,14)9-15-10(16)8-13(11(15)17)6-4-3-5-7-13/h3-9,14H2,1-2H3. The number of imide groups is 1. The Morgan fingerprint density at radius 1 is 1.24 bits per heavy atom. The lowest BCUT2D eigenvalue weighted by Crippen LogP contribution is -2.48. The Balaban J connectivity index is 2.16. The Hall–Kier alpha value is -0.900. The van der Waals surface area contributed by atoms with Crippen LogP contribution in [0.2, 0.25) is 0 Å². The average Bonchev–Trinajstić information content (AvgIpc) is 2.43. The highest BCUT2D eigenvalue weighted by atomic mass is 16.2. The molecule has 17 heavy (non-hydrogen) atoms. The molecule has 1 aliphatic heterocycles. The van der Waals surface area contributed by atoms with Gasteiger partial charge in [-0.05, 0) is 26.7 Å². The monoisotopic (exact) mass is 238 g/mol. The molecule has 2 amide bonds. The highest BCUT2D eigenvalue weighted by Gasteiger charge is 2.51. The van der Waals surface area contributed by atoms with E-state index in [1.54, 1.807) is 0 Å². The first-order valence-electron chi connectivity index (χ1n) is 6.48. The zero-order valence-electron chi connectivity index (χ0n) is 10.8. The van der Waals surface area contributed by atoms with E-state index in [0.717, 1.165) is 25.7 Å². The van der Waals surface area contributed by atoms with Crippen LogP contribution in [0.1, 0.15) is 52.4 Å². The number of carbonyl (C=O) groups is 2. The van der Waals surface area contributed by atoms with Gasteiger partial charge >= 0.3 is 0 Å². The fraction of sp³-hybridized carbons (Fsp3) is 0.846. The van der Waals surface area contributed by atoms with Gasteiger partial charge in [-0.3, -0.25) is 14.5 Å². The number of hydrogen-bond donors (Lipinski definition) is 1. The fourth-order valence-electron chi connectivity index (χ4n) is 3.05. The molecule has 0 aromatic rings. The van der Waals surface area contributed by atoms with Gasteiger partial charge in [0.05, 0.1) is 5.41 Å². The number of nitrogens with zero attached hydrogens (tertiary/aromatic N) is 1. The summed E-state index contributed by atoms with van der Waals surface area (Å²) in [6.07, 6.45) is 5.48. The van der Waals surface area contributed by atoms with Crippen LogP contribution in [-0.4, -0.2) is 28.8 Å². The van der Waals surface area contributed by atoms with E-state index in [1.807, 2.05) is 13.8 Å². The molecule has 1 saturated heterocycles. The van der Waals surface area contributed by atoms with Gasteiger partial charge in [-0.15, -0.1) is 0 Å². The lowest BCUT2D eigenvalue weighted by Gasteiger charge is -2.32. The molecule has 1 spiro atoms. The third-order valence-electron chi connectivity index (χ3n) is 3.87. The Morgan fingerprint density at radius 3 is 2.35 bits per heavy atom. The maximum atomic E-state index is 12.4. The van der Waals surface area contributed by atoms with Crippen LogP contribution in [0.3, 0.4) is 0 Å². The van der Waals surface area contributed by atoms with Crippen molar-refractivity contribution in [3.63, 3.8) is 0 Å². The van der Waals surface area contributed by atoms with Gasteiger partial charge in [0.1, 0.15) is 0 Å². The largest absolute Gasteiger partial charge is 0.324 e. The van der Waals surface area contributed by atoms with Gasteiger partial charge < -0.3 is 5.73 Å². The minimum atomic E-state index is -0.508. The molecule has 0 aromatic heterocycles. The van der Waals surface area contributed by atoms with Crippen molar-refractivity contribution < 1.29 is 9.59 Å². The van der Waals surface area contributed by atoms with Crippen LogP contribution in [0.5, 0.6) is 0 Å². The van der Waals surface area contributed by atoms with E-state index in [0.29, 0.717) is 13.0 Å². The Kier molecular flexibility index (Phi) is 3.02. The second-order valence-corrected chi connectivity index (χ2v) is 6.29. The van der Waals surface area contributed by atoms with Crippen LogP contribution in [0, 0.1) is 5.41 Å². The molecule has 4 heteroatoms. The second-order valence-electron chi connectivity index (χ2n) is 6.29. The number of rotatable bonds is 2. The summed E-state index contributed by atoms with van der Waals surface area (Å²) in [5.74, 6) is -0.00356. The summed E-state index contributed by atoms with van der Waals surface area (Å²) in [6.45, 7) is 4.03. The molecule has 0 aromatic carbocycles. The van der Waals surface area contributed by atoms with Crippen molar-refractivity contribution in [1.29, 1.82) is 0 Å². The first kappa shape index (κ1) is 12.6. The van der Waals surface area contributed by atoms with E-state index in [2.05, 4.69) is 0 Å². The van der Waals surface area contributed by atoms with Crippen LogP contribution in [0.15, 0.2) is 0 Å². The zero-order valence-corrected chi connectivity index (χ0v) is 10.8. The van der Waals surface area contributed by atoms with Gasteiger partial charge in [-0.2, -0.15) is 0 Å². The molecule has 4 nitrogen and oxygen atoms in total. The number of hydrogen-bond acceptors (Lipinski definition) is 3. The van der Waals surface area contributed by atoms with Gasteiger partial charge in [0, 0.05) is 18.5 Å². The maximum Gasteiger partial charge on any atom is 0.235 e. The Bertz CT molecular complexity index is 338. The maximum absolute atomic E-state index is 12.4. The second kappa shape index (κ2) is 4.09. The van der Waals surface area contributed by atoms with E-state index in [4.69, 9.17) is 5.73 Å². The third kappa shape index (κ3) is 2.37. The molecule has 1 aliphatic carbocycles. The smallest absolute Gasteiger partial charge is 0.235 e.